The Kier molecular flexibility index (Phi) is 3.29. The van der Waals surface area contributed by atoms with Crippen molar-refractivity contribution in [3.05, 3.63) is 28.9 Å². The molecule has 1 amide bonds. The Morgan fingerprint density at radius 3 is 2.71 bits per heavy atom. The van der Waals surface area contributed by atoms with Gasteiger partial charge < -0.3 is 5.32 Å². The molecule has 0 spiro atoms. The lowest BCUT2D eigenvalue weighted by Gasteiger charge is -2.01. The number of aryl methyl sites for hydroxylation is 1. The van der Waals surface area contributed by atoms with Gasteiger partial charge in [0, 0.05) is 12.4 Å². The second-order valence-corrected chi connectivity index (χ2v) is 4.16. The van der Waals surface area contributed by atoms with Crippen molar-refractivity contribution in [1.82, 2.24) is 15.2 Å². The first-order chi connectivity index (χ1) is 8.19. The van der Waals surface area contributed by atoms with Crippen LogP contribution in [-0.2, 0) is 0 Å². The molecule has 0 radical (unpaired) electrons. The molecule has 0 saturated carbocycles. The Labute approximate surface area is 102 Å². The van der Waals surface area contributed by atoms with Crippen molar-refractivity contribution in [3.8, 4) is 0 Å². The fourth-order valence-corrected chi connectivity index (χ4v) is 1.84. The quantitative estimate of drug-likeness (QED) is 0.862. The number of thiazole rings is 1. The molecule has 2 heterocycles. The van der Waals surface area contributed by atoms with Gasteiger partial charge in [-0.2, -0.15) is 0 Å². The van der Waals surface area contributed by atoms with Crippen molar-refractivity contribution >= 4 is 28.2 Å². The van der Waals surface area contributed by atoms with Gasteiger partial charge in [-0.25, -0.2) is 4.98 Å². The van der Waals surface area contributed by atoms with Gasteiger partial charge in [-0.1, -0.05) is 0 Å². The number of carbonyl (C=O) groups is 1. The van der Waals surface area contributed by atoms with E-state index < -0.39 is 0 Å². The van der Waals surface area contributed by atoms with Crippen LogP contribution in [0.1, 0.15) is 16.2 Å². The monoisotopic (exact) mass is 249 g/mol. The number of anilines is 2. The summed E-state index contributed by atoms with van der Waals surface area (Å²) in [5.41, 5.74) is 1.14. The lowest BCUT2D eigenvalue weighted by Crippen LogP contribution is -2.14. The zero-order valence-electron chi connectivity index (χ0n) is 9.39. The topological polar surface area (TPSA) is 79.8 Å². The second-order valence-electron chi connectivity index (χ2n) is 3.30. The van der Waals surface area contributed by atoms with E-state index in [0.29, 0.717) is 10.9 Å². The highest BCUT2D eigenvalue weighted by Crippen LogP contribution is 2.15. The van der Waals surface area contributed by atoms with E-state index in [-0.39, 0.29) is 11.6 Å². The Hall–Kier alpha value is -2.02. The average molecular weight is 249 g/mol. The molecule has 0 saturated heterocycles. The molecular formula is C10H11N5OS. The third kappa shape index (κ3) is 2.76. The van der Waals surface area contributed by atoms with Crippen LogP contribution >= 0.6 is 11.3 Å². The molecule has 2 aromatic rings. The zero-order chi connectivity index (χ0) is 12.3. The maximum absolute atomic E-state index is 11.8. The van der Waals surface area contributed by atoms with Crippen LogP contribution in [0.4, 0.5) is 10.9 Å². The summed E-state index contributed by atoms with van der Waals surface area (Å²) in [6, 6.07) is 3.30. The van der Waals surface area contributed by atoms with Crippen LogP contribution in [-0.4, -0.2) is 28.1 Å². The first-order valence-electron chi connectivity index (χ1n) is 4.94. The van der Waals surface area contributed by atoms with E-state index in [1.165, 1.54) is 11.3 Å². The summed E-state index contributed by atoms with van der Waals surface area (Å²) in [7, 11) is 1.74. The average Bonchev–Trinajstić information content (AvgIpc) is 2.75. The predicted octanol–water partition coefficient (Wildman–Crippen LogP) is 1.54. The first-order valence-corrected chi connectivity index (χ1v) is 5.82. The number of amides is 1. The van der Waals surface area contributed by atoms with E-state index in [1.807, 2.05) is 12.3 Å². The number of hydrogen-bond acceptors (Lipinski definition) is 6. The molecule has 2 rings (SSSR count). The molecule has 7 heteroatoms. The van der Waals surface area contributed by atoms with Crippen molar-refractivity contribution in [2.24, 2.45) is 0 Å². The van der Waals surface area contributed by atoms with Crippen molar-refractivity contribution in [2.45, 2.75) is 6.92 Å². The SMILES string of the molecule is CNc1ccc(C(=O)Nc2nc(C)cs2)nn1. The zero-order valence-corrected chi connectivity index (χ0v) is 10.2. The Bertz CT molecular complexity index is 522. The van der Waals surface area contributed by atoms with E-state index >= 15 is 0 Å². The van der Waals surface area contributed by atoms with Crippen LogP contribution in [0.2, 0.25) is 0 Å². The van der Waals surface area contributed by atoms with E-state index in [1.54, 1.807) is 19.2 Å². The summed E-state index contributed by atoms with van der Waals surface area (Å²) in [6.45, 7) is 1.87. The third-order valence-electron chi connectivity index (χ3n) is 1.99. The van der Waals surface area contributed by atoms with Crippen LogP contribution in [0.15, 0.2) is 17.5 Å². The summed E-state index contributed by atoms with van der Waals surface area (Å²) < 4.78 is 0. The van der Waals surface area contributed by atoms with Gasteiger partial charge in [0.2, 0.25) is 0 Å². The van der Waals surface area contributed by atoms with Gasteiger partial charge in [-0.3, -0.25) is 10.1 Å². The molecular weight excluding hydrogens is 238 g/mol. The van der Waals surface area contributed by atoms with E-state index in [4.69, 9.17) is 0 Å². The normalized spacial score (nSPS) is 10.0. The number of hydrogen-bond donors (Lipinski definition) is 2. The Morgan fingerprint density at radius 1 is 1.35 bits per heavy atom. The summed E-state index contributed by atoms with van der Waals surface area (Å²) >= 11 is 1.38. The van der Waals surface area contributed by atoms with Crippen LogP contribution in [0.3, 0.4) is 0 Å². The molecule has 0 aliphatic heterocycles. The largest absolute Gasteiger partial charge is 0.372 e. The summed E-state index contributed by atoms with van der Waals surface area (Å²) in [5, 5.41) is 15.6. The first kappa shape index (κ1) is 11.5. The fourth-order valence-electron chi connectivity index (χ4n) is 1.16. The minimum Gasteiger partial charge on any atom is -0.372 e. The highest BCUT2D eigenvalue weighted by Gasteiger charge is 2.10. The number of nitrogens with zero attached hydrogens (tertiary/aromatic N) is 3. The van der Waals surface area contributed by atoms with Crippen LogP contribution in [0, 0.1) is 6.92 Å². The molecule has 2 aromatic heterocycles. The van der Waals surface area contributed by atoms with E-state index in [2.05, 4.69) is 25.8 Å². The maximum atomic E-state index is 11.8. The highest BCUT2D eigenvalue weighted by atomic mass is 32.1. The predicted molar refractivity (Wildman–Crippen MR) is 66.4 cm³/mol. The fraction of sp³-hybridized carbons (Fsp3) is 0.200. The number of aromatic nitrogens is 3. The highest BCUT2D eigenvalue weighted by molar-refractivity contribution is 7.13. The molecule has 0 unspecified atom stereocenters. The third-order valence-corrected chi connectivity index (χ3v) is 2.87. The van der Waals surface area contributed by atoms with E-state index in [0.717, 1.165) is 5.69 Å². The van der Waals surface area contributed by atoms with Crippen LogP contribution < -0.4 is 10.6 Å². The maximum Gasteiger partial charge on any atom is 0.277 e. The number of rotatable bonds is 3. The van der Waals surface area contributed by atoms with Gasteiger partial charge in [0.1, 0.15) is 5.82 Å². The Balaban J connectivity index is 2.09. The van der Waals surface area contributed by atoms with Crippen molar-refractivity contribution in [3.63, 3.8) is 0 Å². The molecule has 0 aliphatic rings. The molecule has 17 heavy (non-hydrogen) atoms. The number of nitrogens with one attached hydrogen (secondary N) is 2. The summed E-state index contributed by atoms with van der Waals surface area (Å²) in [6.07, 6.45) is 0. The van der Waals surface area contributed by atoms with Gasteiger partial charge in [-0.05, 0) is 19.1 Å². The molecule has 0 aromatic carbocycles. The molecule has 0 aliphatic carbocycles. The van der Waals surface area contributed by atoms with Crippen molar-refractivity contribution in [2.75, 3.05) is 17.7 Å². The van der Waals surface area contributed by atoms with Gasteiger partial charge in [0.15, 0.2) is 10.8 Å². The molecule has 0 bridgehead atoms. The van der Waals surface area contributed by atoms with Crippen molar-refractivity contribution < 1.29 is 4.79 Å². The minimum absolute atomic E-state index is 0.261. The van der Waals surface area contributed by atoms with Gasteiger partial charge in [0.05, 0.1) is 5.69 Å². The Morgan fingerprint density at radius 2 is 2.18 bits per heavy atom. The van der Waals surface area contributed by atoms with Crippen molar-refractivity contribution in [1.29, 1.82) is 0 Å². The molecule has 0 fully saturated rings. The summed E-state index contributed by atoms with van der Waals surface area (Å²) in [5.74, 6) is 0.307. The lowest BCUT2D eigenvalue weighted by atomic mass is 10.3. The molecule has 0 atom stereocenters. The second kappa shape index (κ2) is 4.88. The number of carbonyl (C=O) groups excluding carboxylic acids is 1. The van der Waals surface area contributed by atoms with Crippen LogP contribution in [0.5, 0.6) is 0 Å². The van der Waals surface area contributed by atoms with Gasteiger partial charge in [-0.15, -0.1) is 21.5 Å². The molecule has 88 valence electrons. The standard InChI is InChI=1S/C10H11N5OS/c1-6-5-17-10(12-6)13-9(16)7-3-4-8(11-2)15-14-7/h3-5H,1-2H3,(H,11,15)(H,12,13,16). The molecule has 2 N–H and O–H groups in total. The van der Waals surface area contributed by atoms with E-state index in [9.17, 15) is 4.79 Å². The lowest BCUT2D eigenvalue weighted by molar-refractivity contribution is 0.102. The minimum atomic E-state index is -0.311. The molecule has 6 nitrogen and oxygen atoms in total. The van der Waals surface area contributed by atoms with Crippen LogP contribution in [0.25, 0.3) is 0 Å². The smallest absolute Gasteiger partial charge is 0.277 e. The summed E-state index contributed by atoms with van der Waals surface area (Å²) in [4.78, 5) is 15.9. The van der Waals surface area contributed by atoms with Gasteiger partial charge in [0.25, 0.3) is 5.91 Å². The van der Waals surface area contributed by atoms with Gasteiger partial charge >= 0.3 is 0 Å².